The van der Waals surface area contributed by atoms with Gasteiger partial charge in [0.15, 0.2) is 4.90 Å². The molecule has 1 aliphatic rings. The third-order valence-corrected chi connectivity index (χ3v) is 4.94. The Morgan fingerprint density at radius 2 is 2.24 bits per heavy atom. The zero-order chi connectivity index (χ0) is 15.5. The van der Waals surface area contributed by atoms with Gasteiger partial charge in [0.25, 0.3) is 5.69 Å². The molecule has 1 aromatic carbocycles. The Bertz CT molecular complexity index is 629. The van der Waals surface area contributed by atoms with Gasteiger partial charge in [-0.05, 0) is 37.9 Å². The number of hydrogen-bond acceptors (Lipinski definition) is 5. The number of nitrogens with one attached hydrogen (secondary N) is 2. The number of rotatable bonds is 6. The minimum atomic E-state index is -4.25. The molecule has 0 aliphatic carbocycles. The number of benzene rings is 1. The Labute approximate surface area is 121 Å². The van der Waals surface area contributed by atoms with Crippen molar-refractivity contribution < 1.29 is 17.7 Å². The third kappa shape index (κ3) is 3.74. The van der Waals surface area contributed by atoms with Crippen LogP contribution in [0.1, 0.15) is 12.8 Å². The Balaban J connectivity index is 2.13. The summed E-state index contributed by atoms with van der Waals surface area (Å²) < 4.78 is 40.1. The van der Waals surface area contributed by atoms with Gasteiger partial charge < -0.3 is 5.32 Å². The van der Waals surface area contributed by atoms with Gasteiger partial charge in [-0.2, -0.15) is 0 Å². The van der Waals surface area contributed by atoms with Crippen LogP contribution in [-0.4, -0.2) is 33.0 Å². The number of sulfonamides is 1. The number of halogens is 1. The number of nitro benzene ring substituents is 1. The van der Waals surface area contributed by atoms with Crippen molar-refractivity contribution in [1.82, 2.24) is 10.0 Å². The van der Waals surface area contributed by atoms with Crippen LogP contribution in [0, 0.1) is 21.8 Å². The smallest absolute Gasteiger partial charge is 0.292 e. The van der Waals surface area contributed by atoms with E-state index in [0.717, 1.165) is 37.7 Å². The van der Waals surface area contributed by atoms with E-state index < -0.39 is 31.3 Å². The molecule has 7 nitrogen and oxygen atoms in total. The first kappa shape index (κ1) is 15.8. The lowest BCUT2D eigenvalue weighted by atomic mass is 10.1. The molecule has 2 rings (SSSR count). The standard InChI is InChI=1S/C12H16FN3O4S/c13-10-2-1-3-11(16(17)18)12(10)21(19,20)15-7-5-9-4-6-14-8-9/h1-3,9,14-15H,4-8H2. The average Bonchev–Trinajstić information content (AvgIpc) is 2.91. The van der Waals surface area contributed by atoms with Crippen molar-refractivity contribution in [3.05, 3.63) is 34.1 Å². The fraction of sp³-hybridized carbons (Fsp3) is 0.500. The van der Waals surface area contributed by atoms with Gasteiger partial charge in [0.1, 0.15) is 5.82 Å². The van der Waals surface area contributed by atoms with Crippen LogP contribution in [0.3, 0.4) is 0 Å². The van der Waals surface area contributed by atoms with E-state index in [1.165, 1.54) is 0 Å². The normalized spacial score (nSPS) is 18.8. The van der Waals surface area contributed by atoms with Gasteiger partial charge >= 0.3 is 0 Å². The summed E-state index contributed by atoms with van der Waals surface area (Å²) in [5, 5.41) is 14.0. The van der Waals surface area contributed by atoms with E-state index in [2.05, 4.69) is 10.0 Å². The van der Waals surface area contributed by atoms with Crippen LogP contribution in [0.4, 0.5) is 10.1 Å². The predicted octanol–water partition coefficient (Wildman–Crippen LogP) is 1.01. The van der Waals surface area contributed by atoms with Crippen molar-refractivity contribution in [2.24, 2.45) is 5.92 Å². The molecule has 1 saturated heterocycles. The first-order valence-corrected chi connectivity index (χ1v) is 8.03. The summed E-state index contributed by atoms with van der Waals surface area (Å²) in [6.07, 6.45) is 1.57. The van der Waals surface area contributed by atoms with Crippen LogP contribution < -0.4 is 10.0 Å². The minimum absolute atomic E-state index is 0.125. The predicted molar refractivity (Wildman–Crippen MR) is 73.8 cm³/mol. The zero-order valence-electron chi connectivity index (χ0n) is 11.2. The third-order valence-electron chi connectivity index (χ3n) is 3.42. The fourth-order valence-corrected chi connectivity index (χ4v) is 3.61. The quantitative estimate of drug-likeness (QED) is 0.602. The molecule has 2 N–H and O–H groups in total. The fourth-order valence-electron chi connectivity index (χ4n) is 2.34. The van der Waals surface area contributed by atoms with E-state index in [9.17, 15) is 22.9 Å². The maximum Gasteiger partial charge on any atom is 0.292 e. The van der Waals surface area contributed by atoms with E-state index in [1.807, 2.05) is 0 Å². The SMILES string of the molecule is O=[N+]([O-])c1cccc(F)c1S(=O)(=O)NCCC1CCNC1. The first-order chi connectivity index (χ1) is 9.92. The monoisotopic (exact) mass is 317 g/mol. The summed E-state index contributed by atoms with van der Waals surface area (Å²) in [7, 11) is -4.25. The maximum absolute atomic E-state index is 13.7. The molecular formula is C12H16FN3O4S. The van der Waals surface area contributed by atoms with Gasteiger partial charge in [0.05, 0.1) is 4.92 Å². The molecule has 1 unspecified atom stereocenters. The molecule has 9 heteroatoms. The highest BCUT2D eigenvalue weighted by Gasteiger charge is 2.29. The van der Waals surface area contributed by atoms with Gasteiger partial charge in [-0.3, -0.25) is 10.1 Å². The molecule has 1 fully saturated rings. The van der Waals surface area contributed by atoms with Gasteiger partial charge in [0.2, 0.25) is 10.0 Å². The molecule has 0 bridgehead atoms. The van der Waals surface area contributed by atoms with Crippen molar-refractivity contribution in [2.75, 3.05) is 19.6 Å². The highest BCUT2D eigenvalue weighted by molar-refractivity contribution is 7.89. The summed E-state index contributed by atoms with van der Waals surface area (Å²) in [4.78, 5) is 9.03. The van der Waals surface area contributed by atoms with Crippen LogP contribution in [0.2, 0.25) is 0 Å². The summed E-state index contributed by atoms with van der Waals surface area (Å²) >= 11 is 0. The molecule has 0 saturated carbocycles. The molecule has 0 radical (unpaired) electrons. The van der Waals surface area contributed by atoms with Crippen LogP contribution in [-0.2, 0) is 10.0 Å². The summed E-state index contributed by atoms with van der Waals surface area (Å²) in [6, 6.07) is 2.97. The summed E-state index contributed by atoms with van der Waals surface area (Å²) in [5.41, 5.74) is -0.759. The molecule has 1 aliphatic heterocycles. The summed E-state index contributed by atoms with van der Waals surface area (Å²) in [6.45, 7) is 1.85. The Hall–Kier alpha value is -1.58. The molecular weight excluding hydrogens is 301 g/mol. The van der Waals surface area contributed by atoms with Crippen molar-refractivity contribution in [3.8, 4) is 0 Å². The Morgan fingerprint density at radius 3 is 2.86 bits per heavy atom. The molecule has 0 amide bonds. The zero-order valence-corrected chi connectivity index (χ0v) is 12.0. The second-order valence-electron chi connectivity index (χ2n) is 4.89. The van der Waals surface area contributed by atoms with Gasteiger partial charge in [-0.15, -0.1) is 0 Å². The Morgan fingerprint density at radius 1 is 1.48 bits per heavy atom. The van der Waals surface area contributed by atoms with Crippen molar-refractivity contribution >= 4 is 15.7 Å². The topological polar surface area (TPSA) is 101 Å². The molecule has 1 aromatic rings. The maximum atomic E-state index is 13.7. The molecule has 21 heavy (non-hydrogen) atoms. The molecule has 0 aromatic heterocycles. The lowest BCUT2D eigenvalue weighted by molar-refractivity contribution is -0.388. The van der Waals surface area contributed by atoms with E-state index in [-0.39, 0.29) is 6.54 Å². The van der Waals surface area contributed by atoms with Crippen molar-refractivity contribution in [3.63, 3.8) is 0 Å². The van der Waals surface area contributed by atoms with E-state index in [4.69, 9.17) is 0 Å². The lowest BCUT2D eigenvalue weighted by Gasteiger charge is -2.10. The number of nitrogens with zero attached hydrogens (tertiary/aromatic N) is 1. The first-order valence-electron chi connectivity index (χ1n) is 6.55. The average molecular weight is 317 g/mol. The van der Waals surface area contributed by atoms with Crippen LogP contribution in [0.25, 0.3) is 0 Å². The molecule has 1 atom stereocenters. The van der Waals surface area contributed by atoms with E-state index in [0.29, 0.717) is 12.3 Å². The van der Waals surface area contributed by atoms with Gasteiger partial charge in [-0.1, -0.05) is 6.07 Å². The number of nitro groups is 1. The molecule has 0 spiro atoms. The second kappa shape index (κ2) is 6.46. The van der Waals surface area contributed by atoms with Crippen LogP contribution in [0.5, 0.6) is 0 Å². The second-order valence-corrected chi connectivity index (χ2v) is 6.59. The largest absolute Gasteiger partial charge is 0.316 e. The van der Waals surface area contributed by atoms with Crippen LogP contribution >= 0.6 is 0 Å². The van der Waals surface area contributed by atoms with Crippen molar-refractivity contribution in [1.29, 1.82) is 0 Å². The van der Waals surface area contributed by atoms with E-state index in [1.54, 1.807) is 0 Å². The molecule has 1 heterocycles. The molecule has 116 valence electrons. The number of hydrogen-bond donors (Lipinski definition) is 2. The highest BCUT2D eigenvalue weighted by atomic mass is 32.2. The lowest BCUT2D eigenvalue weighted by Crippen LogP contribution is -2.28. The summed E-state index contributed by atoms with van der Waals surface area (Å²) in [5.74, 6) is -0.762. The van der Waals surface area contributed by atoms with Gasteiger partial charge in [-0.25, -0.2) is 17.5 Å². The van der Waals surface area contributed by atoms with E-state index >= 15 is 0 Å². The van der Waals surface area contributed by atoms with Gasteiger partial charge in [0, 0.05) is 12.6 Å². The minimum Gasteiger partial charge on any atom is -0.316 e. The van der Waals surface area contributed by atoms with Crippen molar-refractivity contribution in [2.45, 2.75) is 17.7 Å². The van der Waals surface area contributed by atoms with Crippen LogP contribution in [0.15, 0.2) is 23.1 Å². The highest BCUT2D eigenvalue weighted by Crippen LogP contribution is 2.26. The Kier molecular flexibility index (Phi) is 4.86.